The number of hydrogen-bond acceptors (Lipinski definition) is 4. The minimum atomic E-state index is -0.309. The third kappa shape index (κ3) is 4.28. The van der Waals surface area contributed by atoms with Crippen molar-refractivity contribution in [3.8, 4) is 0 Å². The summed E-state index contributed by atoms with van der Waals surface area (Å²) in [7, 11) is 2.13. The van der Waals surface area contributed by atoms with Crippen LogP contribution in [-0.4, -0.2) is 65.0 Å². The third-order valence-corrected chi connectivity index (χ3v) is 7.66. The minimum absolute atomic E-state index is 0.0338. The number of amides is 2. The van der Waals surface area contributed by atoms with Crippen molar-refractivity contribution in [2.24, 2.45) is 0 Å². The van der Waals surface area contributed by atoms with Gasteiger partial charge in [0, 0.05) is 31.8 Å². The predicted octanol–water partition coefficient (Wildman–Crippen LogP) is 2.77. The van der Waals surface area contributed by atoms with E-state index in [1.165, 1.54) is 31.3 Å². The van der Waals surface area contributed by atoms with Crippen molar-refractivity contribution < 1.29 is 9.59 Å². The fourth-order valence-electron chi connectivity index (χ4n) is 4.38. The second-order valence-corrected chi connectivity index (χ2v) is 9.22. The van der Waals surface area contributed by atoms with E-state index in [9.17, 15) is 9.59 Å². The van der Waals surface area contributed by atoms with Crippen molar-refractivity contribution in [3.63, 3.8) is 0 Å². The van der Waals surface area contributed by atoms with Crippen LogP contribution in [0.2, 0.25) is 0 Å². The van der Waals surface area contributed by atoms with Gasteiger partial charge in [0.1, 0.15) is 6.04 Å². The van der Waals surface area contributed by atoms with Crippen molar-refractivity contribution in [1.29, 1.82) is 0 Å². The Morgan fingerprint density at radius 1 is 1.31 bits per heavy atom. The van der Waals surface area contributed by atoms with Gasteiger partial charge in [-0.15, -0.1) is 11.8 Å². The predicted molar refractivity (Wildman–Crippen MR) is 107 cm³/mol. The Balaban J connectivity index is 1.61. The minimum Gasteiger partial charge on any atom is -0.354 e. The summed E-state index contributed by atoms with van der Waals surface area (Å²) in [6, 6.07) is -0.309. The summed E-state index contributed by atoms with van der Waals surface area (Å²) in [6.07, 6.45) is 10.6. The lowest BCUT2D eigenvalue weighted by atomic mass is 9.97. The van der Waals surface area contributed by atoms with Crippen LogP contribution in [0.4, 0.5) is 0 Å². The average molecular weight is 380 g/mol. The Hall–Kier alpha value is -1.01. The molecule has 26 heavy (non-hydrogen) atoms. The average Bonchev–Trinajstić information content (AvgIpc) is 3.03. The summed E-state index contributed by atoms with van der Waals surface area (Å²) < 4.78 is 0. The number of likely N-dealkylation sites (tertiary alicyclic amines) is 1. The monoisotopic (exact) mass is 379 g/mol. The van der Waals surface area contributed by atoms with Crippen molar-refractivity contribution in [2.45, 2.75) is 69.2 Å². The van der Waals surface area contributed by atoms with Gasteiger partial charge in [-0.1, -0.05) is 18.6 Å². The maximum atomic E-state index is 12.9. The Bertz CT molecular complexity index is 555. The largest absolute Gasteiger partial charge is 0.354 e. The zero-order valence-electron chi connectivity index (χ0n) is 16.3. The van der Waals surface area contributed by atoms with Gasteiger partial charge in [0.05, 0.1) is 4.87 Å². The molecule has 0 aromatic heterocycles. The molecule has 2 amide bonds. The molecule has 3 aliphatic rings. The summed E-state index contributed by atoms with van der Waals surface area (Å²) in [5.74, 6) is 0.880. The fraction of sp³-hybridized carbons (Fsp3) is 0.800. The maximum Gasteiger partial charge on any atom is 0.243 e. The van der Waals surface area contributed by atoms with Gasteiger partial charge in [0.25, 0.3) is 0 Å². The summed E-state index contributed by atoms with van der Waals surface area (Å²) in [5, 5.41) is 3.11. The number of allylic oxidation sites excluding steroid dienone is 1. The SMILES string of the molecule is CCC(=O)N1C(C(=O)NCCC2=CCCCC2)CSC12CCN(C)CC2. The third-order valence-electron chi connectivity index (χ3n) is 6.03. The normalized spacial score (nSPS) is 26.0. The van der Waals surface area contributed by atoms with Crippen molar-refractivity contribution in [2.75, 3.05) is 32.4 Å². The lowest BCUT2D eigenvalue weighted by molar-refractivity contribution is -0.143. The molecule has 2 aliphatic heterocycles. The second kappa shape index (κ2) is 8.79. The molecule has 2 heterocycles. The summed E-state index contributed by atoms with van der Waals surface area (Å²) >= 11 is 1.82. The molecule has 0 saturated carbocycles. The van der Waals surface area contributed by atoms with Crippen LogP contribution in [0.1, 0.15) is 58.3 Å². The zero-order valence-corrected chi connectivity index (χ0v) is 17.1. The van der Waals surface area contributed by atoms with Crippen LogP contribution in [0, 0.1) is 0 Å². The topological polar surface area (TPSA) is 52.7 Å². The number of piperidine rings is 1. The van der Waals surface area contributed by atoms with Crippen molar-refractivity contribution >= 4 is 23.6 Å². The van der Waals surface area contributed by atoms with Crippen LogP contribution < -0.4 is 5.32 Å². The Morgan fingerprint density at radius 2 is 2.08 bits per heavy atom. The number of carbonyl (C=O) groups is 2. The van der Waals surface area contributed by atoms with E-state index in [4.69, 9.17) is 0 Å². The van der Waals surface area contributed by atoms with E-state index in [1.54, 1.807) is 0 Å². The van der Waals surface area contributed by atoms with Gasteiger partial charge < -0.3 is 15.1 Å². The molecule has 2 fully saturated rings. The van der Waals surface area contributed by atoms with Crippen LogP contribution in [-0.2, 0) is 9.59 Å². The first-order valence-corrected chi connectivity index (χ1v) is 11.1. The van der Waals surface area contributed by atoms with E-state index in [1.807, 2.05) is 23.6 Å². The number of thioether (sulfide) groups is 1. The molecule has 0 aromatic rings. The van der Waals surface area contributed by atoms with Gasteiger partial charge in [0.15, 0.2) is 0 Å². The molecule has 2 saturated heterocycles. The van der Waals surface area contributed by atoms with Crippen LogP contribution in [0.25, 0.3) is 0 Å². The first kappa shape index (κ1) is 19.7. The van der Waals surface area contributed by atoms with Crippen molar-refractivity contribution in [1.82, 2.24) is 15.1 Å². The molecule has 1 N–H and O–H groups in total. The number of carbonyl (C=O) groups excluding carboxylic acids is 2. The number of rotatable bonds is 5. The van der Waals surface area contributed by atoms with Crippen LogP contribution in [0.15, 0.2) is 11.6 Å². The Morgan fingerprint density at radius 3 is 2.73 bits per heavy atom. The first-order valence-electron chi connectivity index (χ1n) is 10.2. The highest BCUT2D eigenvalue weighted by Crippen LogP contribution is 2.46. The van der Waals surface area contributed by atoms with Gasteiger partial charge in [-0.25, -0.2) is 0 Å². The molecule has 5 nitrogen and oxygen atoms in total. The van der Waals surface area contributed by atoms with E-state index in [-0.39, 0.29) is 22.7 Å². The lowest BCUT2D eigenvalue weighted by Crippen LogP contribution is -2.57. The van der Waals surface area contributed by atoms with Crippen LogP contribution >= 0.6 is 11.8 Å². The Kier molecular flexibility index (Phi) is 6.67. The molecular formula is C20H33N3O2S. The van der Waals surface area contributed by atoms with Crippen LogP contribution in [0.5, 0.6) is 0 Å². The fourth-order valence-corrected chi connectivity index (χ4v) is 5.98. The molecular weight excluding hydrogens is 346 g/mol. The van der Waals surface area contributed by atoms with E-state index in [0.29, 0.717) is 13.0 Å². The standard InChI is InChI=1S/C20H33N3O2S/c1-3-18(24)23-17(15-26-20(23)10-13-22(2)14-11-20)19(25)21-12-9-16-7-5-4-6-8-16/h7,17H,3-6,8-15H2,1-2H3,(H,21,25). The number of nitrogens with zero attached hydrogens (tertiary/aromatic N) is 2. The van der Waals surface area contributed by atoms with E-state index in [0.717, 1.165) is 38.1 Å². The molecule has 0 radical (unpaired) electrons. The highest BCUT2D eigenvalue weighted by molar-refractivity contribution is 8.01. The molecule has 3 rings (SSSR count). The quantitative estimate of drug-likeness (QED) is 0.747. The van der Waals surface area contributed by atoms with Gasteiger partial charge in [-0.3, -0.25) is 9.59 Å². The zero-order chi connectivity index (χ0) is 18.6. The van der Waals surface area contributed by atoms with Crippen molar-refractivity contribution in [3.05, 3.63) is 11.6 Å². The molecule has 1 spiro atoms. The molecule has 1 unspecified atom stereocenters. The second-order valence-electron chi connectivity index (χ2n) is 7.84. The maximum absolute atomic E-state index is 12.9. The summed E-state index contributed by atoms with van der Waals surface area (Å²) in [6.45, 7) is 4.57. The highest BCUT2D eigenvalue weighted by atomic mass is 32.2. The number of nitrogens with one attached hydrogen (secondary N) is 1. The van der Waals surface area contributed by atoms with E-state index < -0.39 is 0 Å². The summed E-state index contributed by atoms with van der Waals surface area (Å²) in [4.78, 5) is 29.7. The Labute approximate surface area is 161 Å². The summed E-state index contributed by atoms with van der Waals surface area (Å²) in [5.41, 5.74) is 1.48. The molecule has 6 heteroatoms. The van der Waals surface area contributed by atoms with E-state index >= 15 is 0 Å². The molecule has 0 bridgehead atoms. The van der Waals surface area contributed by atoms with Gasteiger partial charge in [-0.05, 0) is 52.0 Å². The highest BCUT2D eigenvalue weighted by Gasteiger charge is 2.52. The van der Waals surface area contributed by atoms with Gasteiger partial charge >= 0.3 is 0 Å². The first-order chi connectivity index (χ1) is 12.6. The number of hydrogen-bond donors (Lipinski definition) is 1. The smallest absolute Gasteiger partial charge is 0.243 e. The molecule has 1 atom stereocenters. The van der Waals surface area contributed by atoms with E-state index in [2.05, 4.69) is 23.3 Å². The molecule has 0 aromatic carbocycles. The molecule has 146 valence electrons. The van der Waals surface area contributed by atoms with Gasteiger partial charge in [0.2, 0.25) is 11.8 Å². The van der Waals surface area contributed by atoms with Gasteiger partial charge in [-0.2, -0.15) is 0 Å². The van der Waals surface area contributed by atoms with Crippen LogP contribution in [0.3, 0.4) is 0 Å². The lowest BCUT2D eigenvalue weighted by Gasteiger charge is -2.44. The molecule has 1 aliphatic carbocycles.